The first-order chi connectivity index (χ1) is 6.65. The Morgan fingerprint density at radius 2 is 2.36 bits per heavy atom. The van der Waals surface area contributed by atoms with Gasteiger partial charge in [0.1, 0.15) is 0 Å². The number of nitrogen functional groups attached to an aromatic ring is 1. The maximum absolute atomic E-state index is 10.6. The van der Waals surface area contributed by atoms with Crippen molar-refractivity contribution in [3.8, 4) is 0 Å². The van der Waals surface area contributed by atoms with Crippen molar-refractivity contribution >= 4 is 17.3 Å². The average molecular weight is 192 g/mol. The van der Waals surface area contributed by atoms with E-state index in [1.165, 1.54) is 12.1 Å². The van der Waals surface area contributed by atoms with Gasteiger partial charge >= 0.3 is 5.97 Å². The third-order valence-electron chi connectivity index (χ3n) is 1.74. The molecule has 0 aliphatic heterocycles. The number of aromatic carboxylic acids is 1. The van der Waals surface area contributed by atoms with E-state index in [9.17, 15) is 4.79 Å². The summed E-state index contributed by atoms with van der Waals surface area (Å²) in [5.41, 5.74) is 6.97. The Morgan fingerprint density at radius 1 is 1.64 bits per heavy atom. The van der Waals surface area contributed by atoms with Crippen molar-refractivity contribution in [2.24, 2.45) is 0 Å². The third kappa shape index (κ3) is 2.26. The predicted molar refractivity (Wildman–Crippen MR) is 56.5 cm³/mol. The van der Waals surface area contributed by atoms with Crippen molar-refractivity contribution in [2.75, 3.05) is 17.6 Å². The number of anilines is 2. The second kappa shape index (κ2) is 4.32. The van der Waals surface area contributed by atoms with E-state index in [1.54, 1.807) is 12.1 Å². The van der Waals surface area contributed by atoms with E-state index in [2.05, 4.69) is 11.9 Å². The van der Waals surface area contributed by atoms with Crippen molar-refractivity contribution in [1.29, 1.82) is 0 Å². The summed E-state index contributed by atoms with van der Waals surface area (Å²) in [4.78, 5) is 10.6. The van der Waals surface area contributed by atoms with Crippen LogP contribution in [-0.4, -0.2) is 17.6 Å². The molecule has 0 heterocycles. The van der Waals surface area contributed by atoms with Gasteiger partial charge in [-0.15, -0.1) is 6.58 Å². The fourth-order valence-corrected chi connectivity index (χ4v) is 1.04. The molecule has 0 aliphatic carbocycles. The summed E-state index contributed by atoms with van der Waals surface area (Å²) in [6, 6.07) is 4.57. The maximum Gasteiger partial charge on any atom is 0.335 e. The lowest BCUT2D eigenvalue weighted by Gasteiger charge is -2.07. The lowest BCUT2D eigenvalue weighted by Crippen LogP contribution is -2.04. The van der Waals surface area contributed by atoms with Crippen molar-refractivity contribution < 1.29 is 9.90 Å². The smallest absolute Gasteiger partial charge is 0.335 e. The van der Waals surface area contributed by atoms with Crippen LogP contribution in [0.3, 0.4) is 0 Å². The summed E-state index contributed by atoms with van der Waals surface area (Å²) in [5, 5.41) is 11.7. The SMILES string of the molecule is C=CCNc1ccc(C(=O)O)cc1N. The molecule has 0 aromatic heterocycles. The van der Waals surface area contributed by atoms with Gasteiger partial charge in [-0.1, -0.05) is 6.08 Å². The zero-order valence-electron chi connectivity index (χ0n) is 7.66. The van der Waals surface area contributed by atoms with E-state index in [-0.39, 0.29) is 5.56 Å². The lowest BCUT2D eigenvalue weighted by atomic mass is 10.2. The number of carbonyl (C=O) groups is 1. The van der Waals surface area contributed by atoms with Gasteiger partial charge in [-0.05, 0) is 18.2 Å². The van der Waals surface area contributed by atoms with Crippen LogP contribution in [0.5, 0.6) is 0 Å². The van der Waals surface area contributed by atoms with Crippen LogP contribution in [0.15, 0.2) is 30.9 Å². The summed E-state index contributed by atoms with van der Waals surface area (Å²) < 4.78 is 0. The second-order valence-corrected chi connectivity index (χ2v) is 2.78. The molecule has 0 radical (unpaired) electrons. The van der Waals surface area contributed by atoms with Gasteiger partial charge in [-0.25, -0.2) is 4.79 Å². The molecule has 0 unspecified atom stereocenters. The van der Waals surface area contributed by atoms with Crippen LogP contribution in [0, 0.1) is 0 Å². The highest BCUT2D eigenvalue weighted by molar-refractivity contribution is 5.90. The molecule has 0 saturated heterocycles. The van der Waals surface area contributed by atoms with Gasteiger partial charge in [-0.3, -0.25) is 0 Å². The van der Waals surface area contributed by atoms with E-state index < -0.39 is 5.97 Å². The zero-order chi connectivity index (χ0) is 10.6. The molecule has 4 nitrogen and oxygen atoms in total. The first-order valence-corrected chi connectivity index (χ1v) is 4.12. The zero-order valence-corrected chi connectivity index (χ0v) is 7.66. The van der Waals surface area contributed by atoms with Gasteiger partial charge in [0.2, 0.25) is 0 Å². The van der Waals surface area contributed by atoms with E-state index in [1.807, 2.05) is 0 Å². The largest absolute Gasteiger partial charge is 0.478 e. The van der Waals surface area contributed by atoms with Crippen LogP contribution in [0.25, 0.3) is 0 Å². The molecule has 4 heteroatoms. The molecule has 0 aliphatic rings. The first kappa shape index (κ1) is 10.1. The number of nitrogens with one attached hydrogen (secondary N) is 1. The highest BCUT2D eigenvalue weighted by Gasteiger charge is 2.04. The molecule has 0 fully saturated rings. The molecular formula is C10H12N2O2. The monoisotopic (exact) mass is 192 g/mol. The van der Waals surface area contributed by atoms with E-state index in [0.717, 1.165) is 5.69 Å². The Morgan fingerprint density at radius 3 is 2.86 bits per heavy atom. The minimum absolute atomic E-state index is 0.187. The Bertz CT molecular complexity index is 361. The summed E-state index contributed by atoms with van der Waals surface area (Å²) in [7, 11) is 0. The topological polar surface area (TPSA) is 75.3 Å². The van der Waals surface area contributed by atoms with E-state index >= 15 is 0 Å². The quantitative estimate of drug-likeness (QED) is 0.500. The van der Waals surface area contributed by atoms with E-state index in [4.69, 9.17) is 10.8 Å². The van der Waals surface area contributed by atoms with Crippen LogP contribution in [0.1, 0.15) is 10.4 Å². The molecule has 4 N–H and O–H groups in total. The lowest BCUT2D eigenvalue weighted by molar-refractivity contribution is 0.0697. The summed E-state index contributed by atoms with van der Waals surface area (Å²) in [6.45, 7) is 4.15. The predicted octanol–water partition coefficient (Wildman–Crippen LogP) is 1.56. The highest BCUT2D eigenvalue weighted by atomic mass is 16.4. The number of carboxylic acids is 1. The molecule has 1 aromatic rings. The number of rotatable bonds is 4. The molecule has 0 saturated carbocycles. The van der Waals surface area contributed by atoms with Gasteiger partial charge in [0.05, 0.1) is 16.9 Å². The van der Waals surface area contributed by atoms with Crippen LogP contribution < -0.4 is 11.1 Å². The molecule has 1 aromatic carbocycles. The summed E-state index contributed by atoms with van der Waals surface area (Å²) >= 11 is 0. The van der Waals surface area contributed by atoms with Crippen LogP contribution in [0.2, 0.25) is 0 Å². The van der Waals surface area contributed by atoms with Crippen LogP contribution in [0.4, 0.5) is 11.4 Å². The van der Waals surface area contributed by atoms with Gasteiger partial charge < -0.3 is 16.2 Å². The van der Waals surface area contributed by atoms with Crippen LogP contribution >= 0.6 is 0 Å². The fourth-order valence-electron chi connectivity index (χ4n) is 1.04. The third-order valence-corrected chi connectivity index (χ3v) is 1.74. The molecule has 0 spiro atoms. The summed E-state index contributed by atoms with van der Waals surface area (Å²) in [6.07, 6.45) is 1.70. The Labute approximate surface area is 82.0 Å². The molecule has 74 valence electrons. The Hall–Kier alpha value is -1.97. The number of carboxylic acid groups (broad SMARTS) is 1. The Balaban J connectivity index is 2.89. The van der Waals surface area contributed by atoms with Gasteiger partial charge in [0.25, 0.3) is 0 Å². The molecule has 0 bridgehead atoms. The average Bonchev–Trinajstić information content (AvgIpc) is 2.15. The number of hydrogen-bond donors (Lipinski definition) is 3. The number of hydrogen-bond acceptors (Lipinski definition) is 3. The first-order valence-electron chi connectivity index (χ1n) is 4.12. The molecule has 0 amide bonds. The van der Waals surface area contributed by atoms with Crippen molar-refractivity contribution in [2.45, 2.75) is 0 Å². The fraction of sp³-hybridized carbons (Fsp3) is 0.100. The minimum atomic E-state index is -0.980. The molecule has 1 rings (SSSR count). The van der Waals surface area contributed by atoms with E-state index in [0.29, 0.717) is 12.2 Å². The standard InChI is InChI=1S/C10H12N2O2/c1-2-5-12-9-4-3-7(10(13)14)6-8(9)11/h2-4,6,12H,1,5,11H2,(H,13,14). The second-order valence-electron chi connectivity index (χ2n) is 2.78. The van der Waals surface area contributed by atoms with Crippen molar-refractivity contribution in [3.05, 3.63) is 36.4 Å². The van der Waals surface area contributed by atoms with Crippen molar-refractivity contribution in [3.63, 3.8) is 0 Å². The van der Waals surface area contributed by atoms with Gasteiger partial charge in [0, 0.05) is 6.54 Å². The molecule has 14 heavy (non-hydrogen) atoms. The Kier molecular flexibility index (Phi) is 3.12. The van der Waals surface area contributed by atoms with Gasteiger partial charge in [-0.2, -0.15) is 0 Å². The van der Waals surface area contributed by atoms with Crippen molar-refractivity contribution in [1.82, 2.24) is 0 Å². The maximum atomic E-state index is 10.6. The summed E-state index contributed by atoms with van der Waals surface area (Å²) in [5.74, 6) is -0.980. The number of benzene rings is 1. The molecule has 0 atom stereocenters. The highest BCUT2D eigenvalue weighted by Crippen LogP contribution is 2.19. The van der Waals surface area contributed by atoms with Crippen LogP contribution in [-0.2, 0) is 0 Å². The van der Waals surface area contributed by atoms with Gasteiger partial charge in [0.15, 0.2) is 0 Å². The minimum Gasteiger partial charge on any atom is -0.478 e. The normalized spacial score (nSPS) is 9.43. The number of nitrogens with two attached hydrogens (primary N) is 1. The molecular weight excluding hydrogens is 180 g/mol.